The van der Waals surface area contributed by atoms with E-state index in [2.05, 4.69) is 10.5 Å². The zero-order valence-electron chi connectivity index (χ0n) is 15.8. The number of rotatable bonds is 7. The van der Waals surface area contributed by atoms with Crippen LogP contribution in [-0.2, 0) is 11.2 Å². The molecule has 1 aromatic heterocycles. The molecule has 0 aliphatic rings. The molecule has 3 rings (SSSR count). The number of hydrogen-bond acceptors (Lipinski definition) is 5. The molecule has 0 fully saturated rings. The van der Waals surface area contributed by atoms with Crippen LogP contribution in [-0.4, -0.2) is 29.2 Å². The molecule has 7 nitrogen and oxygen atoms in total. The molecule has 0 spiro atoms. The van der Waals surface area contributed by atoms with Gasteiger partial charge in [-0.3, -0.25) is 4.79 Å². The van der Waals surface area contributed by atoms with Gasteiger partial charge in [-0.05, 0) is 48.9 Å². The first-order chi connectivity index (χ1) is 13.9. The molecule has 0 radical (unpaired) electrons. The largest absolute Gasteiger partial charge is 0.497 e. The Morgan fingerprint density at radius 3 is 2.62 bits per heavy atom. The van der Waals surface area contributed by atoms with Gasteiger partial charge in [0.2, 0.25) is 5.91 Å². The maximum atomic E-state index is 13.1. The Kier molecular flexibility index (Phi) is 5.92. The number of aromatic nitrogens is 1. The Balaban J connectivity index is 1.79. The number of nitrogens with zero attached hydrogens (tertiary/aromatic N) is 1. The first-order valence-electron chi connectivity index (χ1n) is 8.80. The number of hydrogen-bond donors (Lipinski definition) is 2. The summed E-state index contributed by atoms with van der Waals surface area (Å²) in [7, 11) is 1.54. The minimum atomic E-state index is -1.26. The van der Waals surface area contributed by atoms with Crippen LogP contribution in [0.25, 0.3) is 11.3 Å². The van der Waals surface area contributed by atoms with Gasteiger partial charge in [-0.25, -0.2) is 9.18 Å². The molecule has 2 aromatic carbocycles. The highest BCUT2D eigenvalue weighted by Gasteiger charge is 2.28. The monoisotopic (exact) mass is 398 g/mol. The predicted molar refractivity (Wildman–Crippen MR) is 102 cm³/mol. The van der Waals surface area contributed by atoms with Crippen molar-refractivity contribution in [2.45, 2.75) is 19.4 Å². The fourth-order valence-electron chi connectivity index (χ4n) is 2.94. The lowest BCUT2D eigenvalue weighted by Gasteiger charge is -2.12. The van der Waals surface area contributed by atoms with Gasteiger partial charge in [0.05, 0.1) is 19.6 Å². The maximum absolute atomic E-state index is 13.1. The van der Waals surface area contributed by atoms with E-state index in [0.717, 1.165) is 5.56 Å². The Bertz CT molecular complexity index is 1030. The summed E-state index contributed by atoms with van der Waals surface area (Å²) in [5.74, 6) is -1.38. The third-order valence-electron chi connectivity index (χ3n) is 4.32. The van der Waals surface area contributed by atoms with Gasteiger partial charge in [0, 0.05) is 5.56 Å². The van der Waals surface area contributed by atoms with Crippen molar-refractivity contribution in [3.8, 4) is 17.0 Å². The number of aromatic carboxylic acids is 1. The molecule has 0 saturated heterocycles. The van der Waals surface area contributed by atoms with Gasteiger partial charge in [0.15, 0.2) is 5.76 Å². The molecule has 1 atom stereocenters. The summed E-state index contributed by atoms with van der Waals surface area (Å²) in [6.45, 7) is 1.60. The van der Waals surface area contributed by atoms with Gasteiger partial charge < -0.3 is 19.7 Å². The molecule has 8 heteroatoms. The third kappa shape index (κ3) is 4.60. The van der Waals surface area contributed by atoms with E-state index in [-0.39, 0.29) is 29.3 Å². The van der Waals surface area contributed by atoms with Crippen molar-refractivity contribution < 1.29 is 28.3 Å². The van der Waals surface area contributed by atoms with Gasteiger partial charge in [-0.1, -0.05) is 17.3 Å². The van der Waals surface area contributed by atoms with Crippen molar-refractivity contribution in [1.82, 2.24) is 10.5 Å². The van der Waals surface area contributed by atoms with E-state index < -0.39 is 17.8 Å². The van der Waals surface area contributed by atoms with Crippen LogP contribution >= 0.6 is 0 Å². The summed E-state index contributed by atoms with van der Waals surface area (Å²) in [6, 6.07) is 11.6. The van der Waals surface area contributed by atoms with E-state index in [1.807, 2.05) is 0 Å². The van der Waals surface area contributed by atoms with Gasteiger partial charge in [0.25, 0.3) is 0 Å². The number of benzene rings is 2. The summed E-state index contributed by atoms with van der Waals surface area (Å²) in [5.41, 5.74) is 1.04. The van der Waals surface area contributed by atoms with Crippen LogP contribution in [0.5, 0.6) is 5.75 Å². The third-order valence-corrected chi connectivity index (χ3v) is 4.32. The second kappa shape index (κ2) is 8.55. The lowest BCUT2D eigenvalue weighted by Crippen LogP contribution is -2.28. The van der Waals surface area contributed by atoms with Crippen LogP contribution in [0.3, 0.4) is 0 Å². The van der Waals surface area contributed by atoms with Crippen molar-refractivity contribution in [3.05, 3.63) is 71.2 Å². The molecule has 29 heavy (non-hydrogen) atoms. The summed E-state index contributed by atoms with van der Waals surface area (Å²) in [6.07, 6.45) is 0.0862. The summed E-state index contributed by atoms with van der Waals surface area (Å²) in [4.78, 5) is 24.2. The van der Waals surface area contributed by atoms with Crippen molar-refractivity contribution in [3.63, 3.8) is 0 Å². The highest BCUT2D eigenvalue weighted by molar-refractivity contribution is 5.96. The van der Waals surface area contributed by atoms with E-state index in [9.17, 15) is 19.1 Å². The molecule has 0 aliphatic heterocycles. The van der Waals surface area contributed by atoms with Gasteiger partial charge in [-0.2, -0.15) is 0 Å². The minimum Gasteiger partial charge on any atom is -0.497 e. The summed E-state index contributed by atoms with van der Waals surface area (Å²) < 4.78 is 23.5. The van der Waals surface area contributed by atoms with Gasteiger partial charge in [0.1, 0.15) is 22.8 Å². The van der Waals surface area contributed by atoms with Crippen LogP contribution in [0, 0.1) is 5.82 Å². The summed E-state index contributed by atoms with van der Waals surface area (Å²) in [5, 5.41) is 16.2. The average molecular weight is 398 g/mol. The van der Waals surface area contributed by atoms with Crippen LogP contribution < -0.4 is 10.1 Å². The fourth-order valence-corrected chi connectivity index (χ4v) is 2.94. The topological polar surface area (TPSA) is 102 Å². The van der Waals surface area contributed by atoms with Crippen molar-refractivity contribution in [1.29, 1.82) is 0 Å². The number of carboxylic acid groups (broad SMARTS) is 1. The Morgan fingerprint density at radius 2 is 1.97 bits per heavy atom. The highest BCUT2D eigenvalue weighted by Crippen LogP contribution is 2.29. The first kappa shape index (κ1) is 20.1. The van der Waals surface area contributed by atoms with Gasteiger partial charge >= 0.3 is 5.97 Å². The number of methoxy groups -OCH3 is 1. The second-order valence-corrected chi connectivity index (χ2v) is 6.40. The average Bonchev–Trinajstić information content (AvgIpc) is 3.14. The number of carbonyl (C=O) groups excluding carboxylic acids is 1. The van der Waals surface area contributed by atoms with Crippen LogP contribution in [0.1, 0.15) is 34.6 Å². The smallest absolute Gasteiger partial charge is 0.341 e. The van der Waals surface area contributed by atoms with E-state index in [1.165, 1.54) is 31.4 Å². The normalized spacial score (nSPS) is 11.7. The van der Waals surface area contributed by atoms with Crippen molar-refractivity contribution >= 4 is 11.9 Å². The van der Waals surface area contributed by atoms with E-state index in [1.54, 1.807) is 31.2 Å². The molecular weight excluding hydrogens is 379 g/mol. The standard InChI is InChI=1S/C21H19FN2O5/c1-12(23-17(25)11-13-4-3-5-16(10-13)28-2)20-18(21(26)27)19(24-29-20)14-6-8-15(22)9-7-14/h3-10,12H,11H2,1-2H3,(H,23,25)(H,26,27). The number of ether oxygens (including phenoxy) is 1. The van der Waals surface area contributed by atoms with E-state index in [4.69, 9.17) is 9.26 Å². The quantitative estimate of drug-likeness (QED) is 0.630. The molecule has 0 bridgehead atoms. The molecule has 2 N–H and O–H groups in total. The van der Waals surface area contributed by atoms with Crippen molar-refractivity contribution in [2.75, 3.05) is 7.11 Å². The highest BCUT2D eigenvalue weighted by atomic mass is 19.1. The Hall–Kier alpha value is -3.68. The second-order valence-electron chi connectivity index (χ2n) is 6.40. The molecule has 0 saturated carbocycles. The minimum absolute atomic E-state index is 0.0100. The summed E-state index contributed by atoms with van der Waals surface area (Å²) >= 11 is 0. The Labute approximate surface area is 166 Å². The number of nitrogens with one attached hydrogen (secondary N) is 1. The first-order valence-corrected chi connectivity index (χ1v) is 8.80. The van der Waals surface area contributed by atoms with Crippen LogP contribution in [0.4, 0.5) is 4.39 Å². The van der Waals surface area contributed by atoms with Crippen molar-refractivity contribution in [2.24, 2.45) is 0 Å². The number of halogens is 1. The molecule has 1 amide bonds. The molecule has 0 aliphatic carbocycles. The molecule has 1 unspecified atom stereocenters. The SMILES string of the molecule is COc1cccc(CC(=O)NC(C)c2onc(-c3ccc(F)cc3)c2C(=O)O)c1. The maximum Gasteiger partial charge on any atom is 0.341 e. The zero-order valence-corrected chi connectivity index (χ0v) is 15.8. The van der Waals surface area contributed by atoms with Crippen LogP contribution in [0.2, 0.25) is 0 Å². The van der Waals surface area contributed by atoms with E-state index >= 15 is 0 Å². The van der Waals surface area contributed by atoms with Crippen LogP contribution in [0.15, 0.2) is 53.1 Å². The van der Waals surface area contributed by atoms with Gasteiger partial charge in [-0.15, -0.1) is 0 Å². The predicted octanol–water partition coefficient (Wildman–Crippen LogP) is 3.61. The number of carboxylic acids is 1. The number of carbonyl (C=O) groups is 2. The Morgan fingerprint density at radius 1 is 1.24 bits per heavy atom. The number of amides is 1. The lowest BCUT2D eigenvalue weighted by atomic mass is 10.0. The molecule has 3 aromatic rings. The molecule has 1 heterocycles. The lowest BCUT2D eigenvalue weighted by molar-refractivity contribution is -0.121. The molecule has 150 valence electrons. The van der Waals surface area contributed by atoms with E-state index in [0.29, 0.717) is 11.3 Å². The zero-order chi connectivity index (χ0) is 21.0. The molecular formula is C21H19FN2O5. The fraction of sp³-hybridized carbons (Fsp3) is 0.190.